The number of ether oxygens (including phenoxy) is 1. The standard InChI is InChI=1S/C25H21FN4O3S/c1-33-22-8-3-2-7-21(22)29-24(32)17-9-11-19(12-10-17)28-23(31)16-34-25-27-13-14-30(25)20-6-4-5-18(26)15-20/h2-15H,16H2,1H3,(H,28,31)(H,29,32). The van der Waals surface area contributed by atoms with Crippen molar-refractivity contribution in [3.8, 4) is 11.4 Å². The summed E-state index contributed by atoms with van der Waals surface area (Å²) >= 11 is 1.24. The zero-order chi connectivity index (χ0) is 23.9. The highest BCUT2D eigenvalue weighted by molar-refractivity contribution is 7.99. The Morgan fingerprint density at radius 2 is 1.82 bits per heavy atom. The average Bonchev–Trinajstić information content (AvgIpc) is 3.32. The number of carbonyl (C=O) groups excluding carboxylic acids is 2. The van der Waals surface area contributed by atoms with Gasteiger partial charge in [-0.25, -0.2) is 9.37 Å². The SMILES string of the molecule is COc1ccccc1NC(=O)c1ccc(NC(=O)CSc2nccn2-c2cccc(F)c2)cc1. The Kier molecular flexibility index (Phi) is 7.24. The molecule has 2 amide bonds. The number of nitrogens with zero attached hydrogens (tertiary/aromatic N) is 2. The molecular formula is C25H21FN4O3S. The maximum absolute atomic E-state index is 13.5. The second-order valence-electron chi connectivity index (χ2n) is 7.13. The van der Waals surface area contributed by atoms with Crippen molar-refractivity contribution in [1.29, 1.82) is 0 Å². The highest BCUT2D eigenvalue weighted by atomic mass is 32.2. The van der Waals surface area contributed by atoms with E-state index in [1.165, 1.54) is 31.0 Å². The van der Waals surface area contributed by atoms with Crippen molar-refractivity contribution in [2.24, 2.45) is 0 Å². The normalized spacial score (nSPS) is 10.5. The lowest BCUT2D eigenvalue weighted by molar-refractivity contribution is -0.113. The fourth-order valence-corrected chi connectivity index (χ4v) is 3.97. The van der Waals surface area contributed by atoms with Gasteiger partial charge >= 0.3 is 0 Å². The lowest BCUT2D eigenvalue weighted by Gasteiger charge is -2.10. The van der Waals surface area contributed by atoms with Crippen LogP contribution in [0.3, 0.4) is 0 Å². The van der Waals surface area contributed by atoms with Gasteiger partial charge in [0.1, 0.15) is 11.6 Å². The van der Waals surface area contributed by atoms with Gasteiger partial charge in [0.25, 0.3) is 5.91 Å². The number of halogens is 1. The topological polar surface area (TPSA) is 85.2 Å². The van der Waals surface area contributed by atoms with E-state index in [4.69, 9.17) is 4.74 Å². The molecule has 0 aliphatic carbocycles. The van der Waals surface area contributed by atoms with Gasteiger partial charge in [0.05, 0.1) is 24.2 Å². The van der Waals surface area contributed by atoms with E-state index in [-0.39, 0.29) is 23.4 Å². The Bertz CT molecular complexity index is 1310. The van der Waals surface area contributed by atoms with Crippen LogP contribution >= 0.6 is 11.8 Å². The highest BCUT2D eigenvalue weighted by Crippen LogP contribution is 2.24. The second-order valence-corrected chi connectivity index (χ2v) is 8.07. The molecule has 1 heterocycles. The molecule has 4 aromatic rings. The minimum atomic E-state index is -0.347. The Morgan fingerprint density at radius 1 is 1.03 bits per heavy atom. The lowest BCUT2D eigenvalue weighted by atomic mass is 10.2. The van der Waals surface area contributed by atoms with Gasteiger partial charge < -0.3 is 15.4 Å². The predicted octanol–water partition coefficient (Wildman–Crippen LogP) is 5.00. The Labute approximate surface area is 200 Å². The van der Waals surface area contributed by atoms with Gasteiger partial charge in [-0.2, -0.15) is 0 Å². The molecule has 172 valence electrons. The molecule has 2 N–H and O–H groups in total. The van der Waals surface area contributed by atoms with Crippen molar-refractivity contribution in [1.82, 2.24) is 9.55 Å². The van der Waals surface area contributed by atoms with Crippen LogP contribution in [0.5, 0.6) is 5.75 Å². The number of thioether (sulfide) groups is 1. The lowest BCUT2D eigenvalue weighted by Crippen LogP contribution is -2.15. The van der Waals surface area contributed by atoms with Gasteiger partial charge in [-0.1, -0.05) is 30.0 Å². The molecule has 34 heavy (non-hydrogen) atoms. The number of para-hydroxylation sites is 2. The van der Waals surface area contributed by atoms with Crippen molar-refractivity contribution < 1.29 is 18.7 Å². The van der Waals surface area contributed by atoms with E-state index >= 15 is 0 Å². The molecule has 0 atom stereocenters. The summed E-state index contributed by atoms with van der Waals surface area (Å²) in [6.07, 6.45) is 3.31. The molecule has 7 nitrogen and oxygen atoms in total. The van der Waals surface area contributed by atoms with Crippen LogP contribution in [-0.4, -0.2) is 34.2 Å². The fraction of sp³-hybridized carbons (Fsp3) is 0.0800. The summed E-state index contributed by atoms with van der Waals surface area (Å²) in [5.41, 5.74) is 2.20. The number of amides is 2. The molecule has 0 saturated heterocycles. The third-order valence-electron chi connectivity index (χ3n) is 4.81. The van der Waals surface area contributed by atoms with Gasteiger partial charge in [-0.15, -0.1) is 0 Å². The molecule has 3 aromatic carbocycles. The fourth-order valence-electron chi connectivity index (χ4n) is 3.19. The number of carbonyl (C=O) groups is 2. The first-order chi connectivity index (χ1) is 16.5. The van der Waals surface area contributed by atoms with Crippen LogP contribution in [0.4, 0.5) is 15.8 Å². The zero-order valence-electron chi connectivity index (χ0n) is 18.2. The van der Waals surface area contributed by atoms with Gasteiger partial charge in [0.2, 0.25) is 5.91 Å². The van der Waals surface area contributed by atoms with Crippen molar-refractivity contribution in [2.45, 2.75) is 5.16 Å². The number of hydrogen-bond acceptors (Lipinski definition) is 5. The summed E-state index contributed by atoms with van der Waals surface area (Å²) in [7, 11) is 1.54. The van der Waals surface area contributed by atoms with E-state index in [0.717, 1.165) is 0 Å². The van der Waals surface area contributed by atoms with E-state index in [0.29, 0.717) is 33.5 Å². The first-order valence-corrected chi connectivity index (χ1v) is 11.3. The molecule has 0 unspecified atom stereocenters. The molecule has 4 rings (SSSR count). The monoisotopic (exact) mass is 476 g/mol. The Hall–Kier alpha value is -4.11. The number of aromatic nitrogens is 2. The molecule has 0 aliphatic heterocycles. The Morgan fingerprint density at radius 3 is 2.59 bits per heavy atom. The summed E-state index contributed by atoms with van der Waals surface area (Å²) in [4.78, 5) is 29.2. The van der Waals surface area contributed by atoms with Gasteiger partial charge in [0.15, 0.2) is 5.16 Å². The number of hydrogen-bond donors (Lipinski definition) is 2. The first kappa shape index (κ1) is 23.1. The van der Waals surface area contributed by atoms with Crippen molar-refractivity contribution in [2.75, 3.05) is 23.5 Å². The van der Waals surface area contributed by atoms with Crippen LogP contribution < -0.4 is 15.4 Å². The maximum atomic E-state index is 13.5. The minimum Gasteiger partial charge on any atom is -0.495 e. The molecule has 0 aliphatic rings. The van der Waals surface area contributed by atoms with E-state index in [2.05, 4.69) is 15.6 Å². The van der Waals surface area contributed by atoms with E-state index in [1.807, 2.05) is 6.07 Å². The molecule has 0 spiro atoms. The summed E-state index contributed by atoms with van der Waals surface area (Å²) in [5, 5.41) is 6.18. The smallest absolute Gasteiger partial charge is 0.255 e. The average molecular weight is 477 g/mol. The molecule has 0 bridgehead atoms. The summed E-state index contributed by atoms with van der Waals surface area (Å²) in [5.74, 6) is -0.190. The van der Waals surface area contributed by atoms with Crippen LogP contribution in [0.15, 0.2) is 90.3 Å². The molecule has 9 heteroatoms. The van der Waals surface area contributed by atoms with Gasteiger partial charge in [-0.05, 0) is 54.6 Å². The highest BCUT2D eigenvalue weighted by Gasteiger charge is 2.12. The quantitative estimate of drug-likeness (QED) is 0.350. The number of rotatable bonds is 8. The van der Waals surface area contributed by atoms with Crippen molar-refractivity contribution in [3.63, 3.8) is 0 Å². The number of nitrogens with one attached hydrogen (secondary N) is 2. The summed E-state index contributed by atoms with van der Waals surface area (Å²) < 4.78 is 20.5. The number of imidazole rings is 1. The first-order valence-electron chi connectivity index (χ1n) is 10.3. The van der Waals surface area contributed by atoms with Crippen LogP contribution in [0.25, 0.3) is 5.69 Å². The summed E-state index contributed by atoms with van der Waals surface area (Å²) in [6.45, 7) is 0. The zero-order valence-corrected chi connectivity index (χ0v) is 19.0. The number of methoxy groups -OCH3 is 1. The van der Waals surface area contributed by atoms with E-state index < -0.39 is 0 Å². The minimum absolute atomic E-state index is 0.113. The largest absolute Gasteiger partial charge is 0.495 e. The van der Waals surface area contributed by atoms with E-state index in [1.54, 1.807) is 71.6 Å². The van der Waals surface area contributed by atoms with Crippen molar-refractivity contribution >= 4 is 35.0 Å². The number of benzene rings is 3. The van der Waals surface area contributed by atoms with Gasteiger partial charge in [-0.3, -0.25) is 14.2 Å². The predicted molar refractivity (Wildman–Crippen MR) is 130 cm³/mol. The van der Waals surface area contributed by atoms with Crippen LogP contribution in [-0.2, 0) is 4.79 Å². The molecule has 0 fully saturated rings. The molecule has 1 aromatic heterocycles. The molecule has 0 saturated carbocycles. The van der Waals surface area contributed by atoms with Crippen LogP contribution in [0, 0.1) is 5.82 Å². The van der Waals surface area contributed by atoms with E-state index in [9.17, 15) is 14.0 Å². The van der Waals surface area contributed by atoms with Crippen molar-refractivity contribution in [3.05, 3.63) is 96.6 Å². The summed E-state index contributed by atoms with van der Waals surface area (Å²) in [6, 6.07) is 19.9. The van der Waals surface area contributed by atoms with Gasteiger partial charge in [0, 0.05) is 23.6 Å². The second kappa shape index (κ2) is 10.7. The third kappa shape index (κ3) is 5.62. The molecule has 0 radical (unpaired) electrons. The maximum Gasteiger partial charge on any atom is 0.255 e. The third-order valence-corrected chi connectivity index (χ3v) is 5.78. The van der Waals surface area contributed by atoms with Crippen LogP contribution in [0.1, 0.15) is 10.4 Å². The number of anilines is 2. The van der Waals surface area contributed by atoms with Crippen LogP contribution in [0.2, 0.25) is 0 Å². The Balaban J connectivity index is 1.33. The molecular weight excluding hydrogens is 455 g/mol.